The molecule has 0 radical (unpaired) electrons. The Morgan fingerprint density at radius 3 is 1.81 bits per heavy atom. The molecular weight excluding hydrogens is 372 g/mol. The lowest BCUT2D eigenvalue weighted by atomic mass is 10.2. The summed E-state index contributed by atoms with van der Waals surface area (Å²) >= 11 is 3.77. The van der Waals surface area contributed by atoms with E-state index in [1.807, 2.05) is 0 Å². The van der Waals surface area contributed by atoms with Crippen molar-refractivity contribution in [3.8, 4) is 0 Å². The van der Waals surface area contributed by atoms with Gasteiger partial charge < -0.3 is 42.6 Å². The van der Waals surface area contributed by atoms with E-state index in [2.05, 4.69) is 22.1 Å². The SMILES string of the molecule is C[C@H](N)C(=O)OC(=O)[C@@H](N)[C@@H](C)O.N[C@@H](COC(=O)[C@@H](N)CS)C(=O)O. The lowest BCUT2D eigenvalue weighted by Gasteiger charge is -2.13. The average molecular weight is 398 g/mol. The van der Waals surface area contributed by atoms with Crippen LogP contribution in [-0.4, -0.2) is 76.7 Å². The van der Waals surface area contributed by atoms with Gasteiger partial charge in [-0.2, -0.15) is 12.6 Å². The smallest absolute Gasteiger partial charge is 0.333 e. The van der Waals surface area contributed by atoms with Crippen LogP contribution in [0, 0.1) is 0 Å². The maximum Gasteiger partial charge on any atom is 0.333 e. The van der Waals surface area contributed by atoms with Crippen LogP contribution in [0.25, 0.3) is 0 Å². The zero-order valence-electron chi connectivity index (χ0n) is 14.4. The summed E-state index contributed by atoms with van der Waals surface area (Å²) in [6, 6.07) is -4.16. The van der Waals surface area contributed by atoms with Gasteiger partial charge >= 0.3 is 23.9 Å². The Labute approximate surface area is 155 Å². The molecule has 13 heteroatoms. The number of rotatable bonds is 8. The molecule has 12 nitrogen and oxygen atoms in total. The van der Waals surface area contributed by atoms with Crippen LogP contribution in [0.15, 0.2) is 0 Å². The normalized spacial score (nSPS) is 16.0. The maximum atomic E-state index is 10.9. The summed E-state index contributed by atoms with van der Waals surface area (Å²) < 4.78 is 8.75. The summed E-state index contributed by atoms with van der Waals surface area (Å²) in [5.74, 6) is -3.63. The number of hydrogen-bond donors (Lipinski definition) is 7. The van der Waals surface area contributed by atoms with Crippen molar-refractivity contribution >= 4 is 36.5 Å². The van der Waals surface area contributed by atoms with Gasteiger partial charge in [0, 0.05) is 5.75 Å². The van der Waals surface area contributed by atoms with Crippen molar-refractivity contribution in [3.63, 3.8) is 0 Å². The highest BCUT2D eigenvalue weighted by atomic mass is 32.1. The molecule has 0 saturated heterocycles. The van der Waals surface area contributed by atoms with E-state index >= 15 is 0 Å². The predicted molar refractivity (Wildman–Crippen MR) is 92.8 cm³/mol. The number of carboxylic acid groups (broad SMARTS) is 1. The molecule has 26 heavy (non-hydrogen) atoms. The molecule has 0 aromatic heterocycles. The van der Waals surface area contributed by atoms with Crippen molar-refractivity contribution in [3.05, 3.63) is 0 Å². The number of nitrogens with two attached hydrogens (primary N) is 4. The first-order valence-corrected chi connectivity index (χ1v) is 7.94. The van der Waals surface area contributed by atoms with Gasteiger partial charge in [0.1, 0.15) is 30.8 Å². The van der Waals surface area contributed by atoms with Crippen LogP contribution in [0.2, 0.25) is 0 Å². The van der Waals surface area contributed by atoms with Gasteiger partial charge in [-0.15, -0.1) is 0 Å². The summed E-state index contributed by atoms with van der Waals surface area (Å²) in [6.45, 7) is 2.32. The maximum absolute atomic E-state index is 10.9. The average Bonchev–Trinajstić information content (AvgIpc) is 2.57. The van der Waals surface area contributed by atoms with Gasteiger partial charge in [0.2, 0.25) is 0 Å². The van der Waals surface area contributed by atoms with Crippen molar-refractivity contribution in [2.45, 2.75) is 44.1 Å². The third-order valence-electron chi connectivity index (χ3n) is 2.59. The van der Waals surface area contributed by atoms with E-state index < -0.39 is 54.1 Å². The van der Waals surface area contributed by atoms with E-state index in [1.54, 1.807) is 0 Å². The van der Waals surface area contributed by atoms with Gasteiger partial charge in [0.25, 0.3) is 0 Å². The van der Waals surface area contributed by atoms with Crippen LogP contribution < -0.4 is 22.9 Å². The van der Waals surface area contributed by atoms with Crippen LogP contribution in [0.3, 0.4) is 0 Å². The highest BCUT2D eigenvalue weighted by Crippen LogP contribution is 1.94. The number of aliphatic carboxylic acids is 1. The van der Waals surface area contributed by atoms with E-state index in [1.165, 1.54) is 13.8 Å². The third kappa shape index (κ3) is 11.7. The van der Waals surface area contributed by atoms with E-state index in [0.717, 1.165) is 0 Å². The quantitative estimate of drug-likeness (QED) is 0.119. The van der Waals surface area contributed by atoms with E-state index in [9.17, 15) is 19.2 Å². The monoisotopic (exact) mass is 398 g/mol. The summed E-state index contributed by atoms with van der Waals surface area (Å²) in [7, 11) is 0. The lowest BCUT2D eigenvalue weighted by molar-refractivity contribution is -0.162. The van der Waals surface area contributed by atoms with Crippen LogP contribution in [0.4, 0.5) is 0 Å². The molecule has 5 atom stereocenters. The zero-order valence-corrected chi connectivity index (χ0v) is 15.3. The standard InChI is InChI=1S/C7H14N2O4.C6H12N2O4S/c1-3(8)6(11)13-7(12)5(9)4(2)10;7-3(5(9)10)1-12-6(11)4(8)2-13/h3-5,10H,8-9H2,1-2H3;3-4,13H,1-2,7-8H2,(H,9,10)/t3-,4+,5-;3-,4-/m00/s1. The molecule has 0 bridgehead atoms. The molecular formula is C13H26N4O8S. The molecule has 0 saturated carbocycles. The second-order valence-corrected chi connectivity index (χ2v) is 5.52. The first-order valence-electron chi connectivity index (χ1n) is 7.31. The predicted octanol–water partition coefficient (Wildman–Crippen LogP) is -3.69. The van der Waals surface area contributed by atoms with Crippen LogP contribution in [0.5, 0.6) is 0 Å². The van der Waals surface area contributed by atoms with Gasteiger partial charge in [-0.3, -0.25) is 9.59 Å². The van der Waals surface area contributed by atoms with Gasteiger partial charge in [-0.1, -0.05) is 0 Å². The van der Waals surface area contributed by atoms with Gasteiger partial charge in [0.05, 0.1) is 6.10 Å². The zero-order chi connectivity index (χ0) is 21.0. The molecule has 0 fully saturated rings. The van der Waals surface area contributed by atoms with Gasteiger partial charge in [0.15, 0.2) is 0 Å². The summed E-state index contributed by atoms with van der Waals surface area (Å²) in [4.78, 5) is 42.7. The van der Waals surface area contributed by atoms with E-state index in [0.29, 0.717) is 0 Å². The lowest BCUT2D eigenvalue weighted by Crippen LogP contribution is -2.44. The number of carbonyl (C=O) groups excluding carboxylic acids is 3. The first-order chi connectivity index (χ1) is 11.8. The molecule has 0 aromatic carbocycles. The summed E-state index contributed by atoms with van der Waals surface area (Å²) in [6.07, 6.45) is -1.06. The van der Waals surface area contributed by atoms with Crippen molar-refractivity contribution in [2.75, 3.05) is 12.4 Å². The number of aliphatic hydroxyl groups excluding tert-OH is 1. The molecule has 152 valence electrons. The van der Waals surface area contributed by atoms with Crippen LogP contribution >= 0.6 is 12.6 Å². The molecule has 0 rings (SSSR count). The Morgan fingerprint density at radius 2 is 1.46 bits per heavy atom. The van der Waals surface area contributed by atoms with Crippen molar-refractivity contribution in [2.24, 2.45) is 22.9 Å². The summed E-state index contributed by atoms with van der Waals surface area (Å²) in [5.41, 5.74) is 20.6. The van der Waals surface area contributed by atoms with Crippen molar-refractivity contribution in [1.82, 2.24) is 0 Å². The number of ether oxygens (including phenoxy) is 2. The highest BCUT2D eigenvalue weighted by molar-refractivity contribution is 7.80. The number of esters is 3. The van der Waals surface area contributed by atoms with Crippen LogP contribution in [-0.2, 0) is 28.7 Å². The molecule has 0 aromatic rings. The second-order valence-electron chi connectivity index (χ2n) is 5.16. The largest absolute Gasteiger partial charge is 0.480 e. The number of carbonyl (C=O) groups is 4. The molecule has 0 aliphatic rings. The number of thiol groups is 1. The Balaban J connectivity index is 0. The Bertz CT molecular complexity index is 489. The fraction of sp³-hybridized carbons (Fsp3) is 0.692. The van der Waals surface area contributed by atoms with Crippen molar-refractivity contribution < 1.29 is 38.9 Å². The third-order valence-corrected chi connectivity index (χ3v) is 2.98. The Kier molecular flexibility index (Phi) is 13.7. The number of aliphatic hydroxyl groups is 1. The molecule has 10 N–H and O–H groups in total. The first kappa shape index (κ1) is 26.5. The Morgan fingerprint density at radius 1 is 0.962 bits per heavy atom. The number of hydrogen-bond acceptors (Lipinski definition) is 12. The molecule has 0 unspecified atom stereocenters. The minimum Gasteiger partial charge on any atom is -0.480 e. The minimum atomic E-state index is -1.23. The highest BCUT2D eigenvalue weighted by Gasteiger charge is 2.24. The molecule has 0 heterocycles. The molecule has 0 spiro atoms. The second kappa shape index (κ2) is 13.4. The van der Waals surface area contributed by atoms with Gasteiger partial charge in [-0.05, 0) is 13.8 Å². The Hall–Kier alpha value is -1.77. The number of carboxylic acids is 1. The molecule has 0 aliphatic heterocycles. The fourth-order valence-electron chi connectivity index (χ4n) is 0.882. The minimum absolute atomic E-state index is 0.140. The van der Waals surface area contributed by atoms with Crippen LogP contribution in [0.1, 0.15) is 13.8 Å². The summed E-state index contributed by atoms with van der Waals surface area (Å²) in [5, 5.41) is 17.2. The van der Waals surface area contributed by atoms with Gasteiger partial charge in [-0.25, -0.2) is 9.59 Å². The molecule has 0 aliphatic carbocycles. The van der Waals surface area contributed by atoms with Crippen molar-refractivity contribution in [1.29, 1.82) is 0 Å². The molecule has 0 amide bonds. The van der Waals surface area contributed by atoms with E-state index in [4.69, 9.17) is 33.1 Å². The fourth-order valence-corrected chi connectivity index (χ4v) is 1.03. The topological polar surface area (TPSA) is 231 Å². The van der Waals surface area contributed by atoms with E-state index in [-0.39, 0.29) is 12.4 Å².